The van der Waals surface area contributed by atoms with Gasteiger partial charge in [0.1, 0.15) is 0 Å². The van der Waals surface area contributed by atoms with Crippen molar-refractivity contribution in [3.8, 4) is 12.3 Å². The van der Waals surface area contributed by atoms with Crippen LogP contribution in [-0.4, -0.2) is 36.1 Å². The molecule has 1 aliphatic heterocycles. The first-order valence-electron chi connectivity index (χ1n) is 6.61. The van der Waals surface area contributed by atoms with E-state index in [9.17, 15) is 0 Å². The molecule has 1 rings (SSSR count). The molecule has 0 aromatic carbocycles. The normalized spacial score (nSPS) is 22.6. The van der Waals surface area contributed by atoms with Gasteiger partial charge in [0.05, 0.1) is 0 Å². The fraction of sp³-hybridized carbons (Fsp3) is 0.857. The third-order valence-electron chi connectivity index (χ3n) is 4.07. The summed E-state index contributed by atoms with van der Waals surface area (Å²) in [6.45, 7) is 10.3. The van der Waals surface area contributed by atoms with E-state index in [-0.39, 0.29) is 5.54 Å². The minimum absolute atomic E-state index is 0.221. The third kappa shape index (κ3) is 2.78. The summed E-state index contributed by atoms with van der Waals surface area (Å²) in [5.41, 5.74) is 0.221. The molecule has 2 nitrogen and oxygen atoms in total. The van der Waals surface area contributed by atoms with Gasteiger partial charge in [-0.25, -0.2) is 0 Å². The maximum absolute atomic E-state index is 5.50. The second-order valence-electron chi connectivity index (χ2n) is 4.92. The van der Waals surface area contributed by atoms with Gasteiger partial charge >= 0.3 is 0 Å². The molecule has 0 amide bonds. The van der Waals surface area contributed by atoms with Gasteiger partial charge in [0, 0.05) is 18.0 Å². The average molecular weight is 222 g/mol. The second kappa shape index (κ2) is 6.27. The SMILES string of the molecule is C#CCC(NCC)C(C)(CC)N1CCCC1. The Balaban J connectivity index is 2.77. The molecule has 1 N–H and O–H groups in total. The van der Waals surface area contributed by atoms with Crippen LogP contribution in [0.5, 0.6) is 0 Å². The first kappa shape index (κ1) is 13.5. The van der Waals surface area contributed by atoms with Crippen LogP contribution in [0, 0.1) is 12.3 Å². The van der Waals surface area contributed by atoms with Gasteiger partial charge in [-0.1, -0.05) is 13.8 Å². The van der Waals surface area contributed by atoms with Crippen LogP contribution in [0.4, 0.5) is 0 Å². The molecule has 0 spiro atoms. The number of rotatable bonds is 6. The highest BCUT2D eigenvalue weighted by Crippen LogP contribution is 2.29. The number of hydrogen-bond acceptors (Lipinski definition) is 2. The van der Waals surface area contributed by atoms with E-state index in [2.05, 4.69) is 36.9 Å². The van der Waals surface area contributed by atoms with Crippen molar-refractivity contribution in [2.75, 3.05) is 19.6 Å². The highest BCUT2D eigenvalue weighted by Gasteiger charge is 2.38. The van der Waals surface area contributed by atoms with E-state index in [1.54, 1.807) is 0 Å². The van der Waals surface area contributed by atoms with Crippen LogP contribution in [0.3, 0.4) is 0 Å². The van der Waals surface area contributed by atoms with E-state index >= 15 is 0 Å². The smallest absolute Gasteiger partial charge is 0.0358 e. The van der Waals surface area contributed by atoms with Crippen molar-refractivity contribution in [2.24, 2.45) is 0 Å². The summed E-state index contributed by atoms with van der Waals surface area (Å²) < 4.78 is 0. The van der Waals surface area contributed by atoms with Crippen molar-refractivity contribution >= 4 is 0 Å². The first-order chi connectivity index (χ1) is 7.69. The molecule has 2 atom stereocenters. The van der Waals surface area contributed by atoms with Crippen molar-refractivity contribution in [1.82, 2.24) is 10.2 Å². The van der Waals surface area contributed by atoms with E-state index < -0.39 is 0 Å². The summed E-state index contributed by atoms with van der Waals surface area (Å²) in [4.78, 5) is 2.62. The monoisotopic (exact) mass is 222 g/mol. The van der Waals surface area contributed by atoms with Crippen molar-refractivity contribution in [1.29, 1.82) is 0 Å². The molecule has 0 aliphatic carbocycles. The Hall–Kier alpha value is -0.520. The van der Waals surface area contributed by atoms with Gasteiger partial charge in [-0.15, -0.1) is 12.3 Å². The molecule has 1 saturated heterocycles. The summed E-state index contributed by atoms with van der Waals surface area (Å²) in [6.07, 6.45) is 10.2. The molecule has 1 fully saturated rings. The van der Waals surface area contributed by atoms with Crippen LogP contribution in [0.1, 0.15) is 46.5 Å². The zero-order chi connectivity index (χ0) is 12.0. The topological polar surface area (TPSA) is 15.3 Å². The van der Waals surface area contributed by atoms with Gasteiger partial charge in [0.2, 0.25) is 0 Å². The van der Waals surface area contributed by atoms with Gasteiger partial charge < -0.3 is 5.32 Å². The number of terminal acetylenes is 1. The standard InChI is InChI=1S/C14H26N2/c1-5-10-13(15-7-3)14(4,6-2)16-11-8-9-12-16/h1,13,15H,6-12H2,2-4H3. The average Bonchev–Trinajstić information content (AvgIpc) is 2.81. The van der Waals surface area contributed by atoms with Gasteiger partial charge in [0.15, 0.2) is 0 Å². The minimum atomic E-state index is 0.221. The molecular weight excluding hydrogens is 196 g/mol. The van der Waals surface area contributed by atoms with Gasteiger partial charge in [-0.2, -0.15) is 0 Å². The Morgan fingerprint density at radius 2 is 2.00 bits per heavy atom. The second-order valence-corrected chi connectivity index (χ2v) is 4.92. The fourth-order valence-corrected chi connectivity index (χ4v) is 2.79. The predicted molar refractivity (Wildman–Crippen MR) is 70.4 cm³/mol. The lowest BCUT2D eigenvalue weighted by Crippen LogP contribution is -2.58. The molecule has 0 saturated carbocycles. The quantitative estimate of drug-likeness (QED) is 0.694. The van der Waals surface area contributed by atoms with Crippen molar-refractivity contribution in [3.05, 3.63) is 0 Å². The lowest BCUT2D eigenvalue weighted by atomic mass is 9.85. The largest absolute Gasteiger partial charge is 0.312 e. The molecule has 0 aromatic heterocycles. The minimum Gasteiger partial charge on any atom is -0.312 e. The van der Waals surface area contributed by atoms with E-state index in [1.807, 2.05) is 0 Å². The molecule has 1 aliphatic rings. The molecule has 0 aromatic rings. The lowest BCUT2D eigenvalue weighted by Gasteiger charge is -2.44. The third-order valence-corrected chi connectivity index (χ3v) is 4.07. The Morgan fingerprint density at radius 3 is 2.44 bits per heavy atom. The van der Waals surface area contributed by atoms with Gasteiger partial charge in [-0.05, 0) is 45.8 Å². The number of likely N-dealkylation sites (tertiary alicyclic amines) is 1. The number of nitrogens with zero attached hydrogens (tertiary/aromatic N) is 1. The number of hydrogen-bond donors (Lipinski definition) is 1. The Morgan fingerprint density at radius 1 is 1.38 bits per heavy atom. The molecule has 2 heteroatoms. The van der Waals surface area contributed by atoms with Crippen molar-refractivity contribution in [3.63, 3.8) is 0 Å². The Bertz CT molecular complexity index is 238. The van der Waals surface area contributed by atoms with E-state index in [1.165, 1.54) is 25.9 Å². The molecule has 0 bridgehead atoms. The summed E-state index contributed by atoms with van der Waals surface area (Å²) in [7, 11) is 0. The zero-order valence-corrected chi connectivity index (χ0v) is 11.1. The van der Waals surface area contributed by atoms with Crippen molar-refractivity contribution < 1.29 is 0 Å². The fourth-order valence-electron chi connectivity index (χ4n) is 2.79. The number of likely N-dealkylation sites (N-methyl/N-ethyl adjacent to an activating group) is 1. The molecule has 16 heavy (non-hydrogen) atoms. The lowest BCUT2D eigenvalue weighted by molar-refractivity contribution is 0.0866. The van der Waals surface area contributed by atoms with E-state index in [4.69, 9.17) is 6.42 Å². The van der Waals surface area contributed by atoms with Crippen LogP contribution in [0.2, 0.25) is 0 Å². The summed E-state index contributed by atoms with van der Waals surface area (Å²) in [5, 5.41) is 3.57. The van der Waals surface area contributed by atoms with Gasteiger partial charge in [0.25, 0.3) is 0 Å². The van der Waals surface area contributed by atoms with Crippen LogP contribution in [-0.2, 0) is 0 Å². The Kier molecular flexibility index (Phi) is 5.31. The summed E-state index contributed by atoms with van der Waals surface area (Å²) in [6, 6.07) is 0.422. The molecule has 92 valence electrons. The van der Waals surface area contributed by atoms with Gasteiger partial charge in [-0.3, -0.25) is 4.90 Å². The predicted octanol–water partition coefficient (Wildman–Crippen LogP) is 2.25. The van der Waals surface area contributed by atoms with Crippen LogP contribution >= 0.6 is 0 Å². The number of nitrogens with one attached hydrogen (secondary N) is 1. The maximum Gasteiger partial charge on any atom is 0.0358 e. The molecular formula is C14H26N2. The summed E-state index contributed by atoms with van der Waals surface area (Å²) in [5.74, 6) is 2.83. The van der Waals surface area contributed by atoms with E-state index in [0.29, 0.717) is 6.04 Å². The zero-order valence-electron chi connectivity index (χ0n) is 11.1. The van der Waals surface area contributed by atoms with E-state index in [0.717, 1.165) is 19.4 Å². The van der Waals surface area contributed by atoms with Crippen molar-refractivity contribution in [2.45, 2.75) is 58.0 Å². The molecule has 2 unspecified atom stereocenters. The summed E-state index contributed by atoms with van der Waals surface area (Å²) >= 11 is 0. The molecule has 0 radical (unpaired) electrons. The highest BCUT2D eigenvalue weighted by molar-refractivity contribution is 5.03. The van der Waals surface area contributed by atoms with Crippen LogP contribution < -0.4 is 5.32 Å². The van der Waals surface area contributed by atoms with Crippen LogP contribution in [0.25, 0.3) is 0 Å². The maximum atomic E-state index is 5.50. The van der Waals surface area contributed by atoms with Crippen LogP contribution in [0.15, 0.2) is 0 Å². The highest BCUT2D eigenvalue weighted by atomic mass is 15.2. The molecule has 1 heterocycles. The first-order valence-corrected chi connectivity index (χ1v) is 6.61. The Labute approximate surface area is 101 Å².